The molecule has 0 aliphatic carbocycles. The molecule has 11 nitrogen and oxygen atoms in total. The maximum atomic E-state index is 12.0. The van der Waals surface area contributed by atoms with Gasteiger partial charge in [-0.25, -0.2) is 4.98 Å². The average Bonchev–Trinajstić information content (AvgIpc) is 2.89. The van der Waals surface area contributed by atoms with Crippen LogP contribution in [0.2, 0.25) is 0 Å². The minimum atomic E-state index is -1.34. The van der Waals surface area contributed by atoms with Crippen molar-refractivity contribution in [3.05, 3.63) is 16.7 Å². The Morgan fingerprint density at radius 1 is 1.41 bits per heavy atom. The number of ether oxygens (including phenoxy) is 1. The van der Waals surface area contributed by atoms with Crippen LogP contribution in [-0.4, -0.2) is 65.8 Å². The monoisotopic (exact) mass is 312 g/mol. The van der Waals surface area contributed by atoms with Gasteiger partial charge < -0.3 is 31.5 Å². The van der Waals surface area contributed by atoms with E-state index in [0.29, 0.717) is 0 Å². The van der Waals surface area contributed by atoms with Gasteiger partial charge in [-0.15, -0.1) is 0 Å². The second-order valence-electron chi connectivity index (χ2n) is 5.08. The molecule has 11 heteroatoms. The number of hydrogen-bond acceptors (Lipinski definition) is 9. The summed E-state index contributed by atoms with van der Waals surface area (Å²) in [5.74, 6) is -0.0831. The van der Waals surface area contributed by atoms with Crippen LogP contribution < -0.4 is 17.0 Å². The van der Waals surface area contributed by atoms with Crippen LogP contribution in [0.4, 0.5) is 5.95 Å². The number of H-pyrrole nitrogens is 1. The van der Waals surface area contributed by atoms with Crippen LogP contribution in [0.25, 0.3) is 11.2 Å². The van der Waals surface area contributed by atoms with E-state index < -0.39 is 42.7 Å². The second kappa shape index (κ2) is 5.30. The molecule has 1 aliphatic heterocycles. The van der Waals surface area contributed by atoms with Crippen molar-refractivity contribution in [2.24, 2.45) is 5.73 Å². The van der Waals surface area contributed by atoms with Crippen molar-refractivity contribution < 1.29 is 20.1 Å². The molecule has 8 N–H and O–H groups in total. The number of nitrogens with zero attached hydrogens (tertiary/aromatic N) is 3. The fourth-order valence-corrected chi connectivity index (χ4v) is 2.53. The predicted molar refractivity (Wildman–Crippen MR) is 73.5 cm³/mol. The molecule has 0 bridgehead atoms. The third kappa shape index (κ3) is 2.15. The van der Waals surface area contributed by atoms with Gasteiger partial charge in [0.25, 0.3) is 5.56 Å². The van der Waals surface area contributed by atoms with E-state index in [4.69, 9.17) is 16.2 Å². The molecule has 3 rings (SSSR count). The van der Waals surface area contributed by atoms with Crippen LogP contribution >= 0.6 is 0 Å². The fraction of sp³-hybridized carbons (Fsp3) is 0.545. The van der Waals surface area contributed by atoms with E-state index in [1.165, 1.54) is 10.9 Å². The SMILES string of the molecule is Nc1nc2ncn([C@@H]3O[C@H](CO)[C@@H](O)[C@H](O)[C@H]3N)c2c(=O)[nH]1. The summed E-state index contributed by atoms with van der Waals surface area (Å²) >= 11 is 0. The first-order chi connectivity index (χ1) is 10.4. The number of fused-ring (bicyclic) bond motifs is 1. The number of aromatic amines is 1. The lowest BCUT2D eigenvalue weighted by Gasteiger charge is -2.41. The number of anilines is 1. The predicted octanol–water partition coefficient (Wildman–Crippen LogP) is -3.36. The number of nitrogen functional groups attached to an aromatic ring is 1. The molecule has 22 heavy (non-hydrogen) atoms. The number of rotatable bonds is 2. The number of aliphatic hydroxyl groups excluding tert-OH is 3. The summed E-state index contributed by atoms with van der Waals surface area (Å²) in [6.45, 7) is -0.518. The van der Waals surface area contributed by atoms with Crippen molar-refractivity contribution in [1.29, 1.82) is 0 Å². The first-order valence-electron chi connectivity index (χ1n) is 6.54. The molecule has 0 unspecified atom stereocenters. The molecule has 120 valence electrons. The lowest BCUT2D eigenvalue weighted by Crippen LogP contribution is -2.59. The zero-order chi connectivity index (χ0) is 16.0. The number of aliphatic hydroxyl groups is 3. The van der Waals surface area contributed by atoms with E-state index in [-0.39, 0.29) is 17.1 Å². The molecule has 0 radical (unpaired) electrons. The summed E-state index contributed by atoms with van der Waals surface area (Å²) in [6.07, 6.45) is -3.45. The maximum absolute atomic E-state index is 12.0. The zero-order valence-corrected chi connectivity index (χ0v) is 11.3. The summed E-state index contributed by atoms with van der Waals surface area (Å²) < 4.78 is 6.79. The van der Waals surface area contributed by atoms with Crippen molar-refractivity contribution in [2.45, 2.75) is 30.6 Å². The molecular formula is C11H16N6O5. The van der Waals surface area contributed by atoms with Crippen LogP contribution in [0.1, 0.15) is 6.23 Å². The number of imidazole rings is 1. The molecule has 5 atom stereocenters. The van der Waals surface area contributed by atoms with Crippen molar-refractivity contribution in [3.63, 3.8) is 0 Å². The van der Waals surface area contributed by atoms with Crippen LogP contribution in [0.5, 0.6) is 0 Å². The van der Waals surface area contributed by atoms with Crippen molar-refractivity contribution >= 4 is 17.1 Å². The zero-order valence-electron chi connectivity index (χ0n) is 11.3. The first-order valence-corrected chi connectivity index (χ1v) is 6.54. The summed E-state index contributed by atoms with van der Waals surface area (Å²) in [5.41, 5.74) is 10.9. The van der Waals surface area contributed by atoms with E-state index in [1.807, 2.05) is 0 Å². The summed E-state index contributed by atoms with van der Waals surface area (Å²) in [6, 6.07) is -1.04. The maximum Gasteiger partial charge on any atom is 0.278 e. The van der Waals surface area contributed by atoms with Gasteiger partial charge in [-0.1, -0.05) is 0 Å². The molecule has 1 aliphatic rings. The van der Waals surface area contributed by atoms with E-state index in [0.717, 1.165) is 0 Å². The molecule has 2 aromatic rings. The number of nitrogens with one attached hydrogen (secondary N) is 1. The molecule has 2 aromatic heterocycles. The van der Waals surface area contributed by atoms with Gasteiger partial charge >= 0.3 is 0 Å². The molecule has 0 spiro atoms. The van der Waals surface area contributed by atoms with Gasteiger partial charge in [0.15, 0.2) is 17.4 Å². The molecule has 3 heterocycles. The lowest BCUT2D eigenvalue weighted by molar-refractivity contribution is -0.209. The minimum Gasteiger partial charge on any atom is -0.394 e. The minimum absolute atomic E-state index is 0.0647. The highest BCUT2D eigenvalue weighted by Crippen LogP contribution is 2.28. The standard InChI is InChI=1S/C11H16N6O5/c12-4-7(20)6(19)3(1-18)22-10(4)17-2-14-8-5(17)9(21)16-11(13)15-8/h2-4,6-7,10,18-20H,1,12H2,(H3,13,15,16,21)/t3-,4-,6-,7-,10-/m1/s1. The summed E-state index contributed by atoms with van der Waals surface area (Å²) in [7, 11) is 0. The first kappa shape index (κ1) is 14.9. The van der Waals surface area contributed by atoms with Crippen LogP contribution in [0.15, 0.2) is 11.1 Å². The Morgan fingerprint density at radius 2 is 2.14 bits per heavy atom. The normalized spacial score (nSPS) is 32.5. The molecule has 1 saturated heterocycles. The third-order valence-corrected chi connectivity index (χ3v) is 3.68. The Bertz CT molecular complexity index is 742. The largest absolute Gasteiger partial charge is 0.394 e. The van der Waals surface area contributed by atoms with Gasteiger partial charge in [0.2, 0.25) is 5.95 Å². The molecule has 0 amide bonds. The van der Waals surface area contributed by atoms with E-state index in [9.17, 15) is 20.1 Å². The van der Waals surface area contributed by atoms with Gasteiger partial charge in [-0.2, -0.15) is 4.98 Å². The van der Waals surface area contributed by atoms with E-state index in [2.05, 4.69) is 15.0 Å². The molecule has 1 fully saturated rings. The van der Waals surface area contributed by atoms with Gasteiger partial charge in [0.05, 0.1) is 12.6 Å². The van der Waals surface area contributed by atoms with Crippen molar-refractivity contribution in [2.75, 3.05) is 12.3 Å². The van der Waals surface area contributed by atoms with Crippen LogP contribution in [-0.2, 0) is 4.74 Å². The lowest BCUT2D eigenvalue weighted by atomic mass is 9.97. The Kier molecular flexibility index (Phi) is 3.58. The molecular weight excluding hydrogens is 296 g/mol. The smallest absolute Gasteiger partial charge is 0.278 e. The van der Waals surface area contributed by atoms with Crippen molar-refractivity contribution in [1.82, 2.24) is 19.5 Å². The van der Waals surface area contributed by atoms with Crippen LogP contribution in [0.3, 0.4) is 0 Å². The molecule has 0 saturated carbocycles. The highest BCUT2D eigenvalue weighted by molar-refractivity contribution is 5.70. The molecule has 0 aromatic carbocycles. The third-order valence-electron chi connectivity index (χ3n) is 3.68. The summed E-state index contributed by atoms with van der Waals surface area (Å²) in [5, 5.41) is 29.0. The number of hydrogen-bond donors (Lipinski definition) is 6. The van der Waals surface area contributed by atoms with Crippen LogP contribution in [0, 0.1) is 0 Å². The van der Waals surface area contributed by atoms with Gasteiger partial charge in [-0.05, 0) is 0 Å². The van der Waals surface area contributed by atoms with E-state index >= 15 is 0 Å². The Labute approximate surface area is 123 Å². The van der Waals surface area contributed by atoms with Gasteiger partial charge in [-0.3, -0.25) is 14.3 Å². The summed E-state index contributed by atoms with van der Waals surface area (Å²) in [4.78, 5) is 22.2. The van der Waals surface area contributed by atoms with Crippen molar-refractivity contribution in [3.8, 4) is 0 Å². The second-order valence-corrected chi connectivity index (χ2v) is 5.08. The average molecular weight is 312 g/mol. The van der Waals surface area contributed by atoms with Gasteiger partial charge in [0, 0.05) is 0 Å². The fourth-order valence-electron chi connectivity index (χ4n) is 2.53. The number of nitrogens with two attached hydrogens (primary N) is 2. The highest BCUT2D eigenvalue weighted by atomic mass is 16.5. The van der Waals surface area contributed by atoms with E-state index in [1.54, 1.807) is 0 Å². The Morgan fingerprint density at radius 3 is 2.82 bits per heavy atom. The number of aromatic nitrogens is 4. The quantitative estimate of drug-likeness (QED) is 0.329. The topological polar surface area (TPSA) is 186 Å². The Balaban J connectivity index is 2.09. The Hall–Kier alpha value is -2.05. The van der Waals surface area contributed by atoms with Gasteiger partial charge in [0.1, 0.15) is 24.6 Å². The highest BCUT2D eigenvalue weighted by Gasteiger charge is 2.43.